The zero-order chi connectivity index (χ0) is 13.7. The Bertz CT molecular complexity index is 686. The second kappa shape index (κ2) is 6.04. The van der Waals surface area contributed by atoms with E-state index in [4.69, 9.17) is 5.73 Å². The van der Waals surface area contributed by atoms with Gasteiger partial charge in [0.15, 0.2) is 0 Å². The normalized spacial score (nSPS) is 9.74. The van der Waals surface area contributed by atoms with Gasteiger partial charge in [-0.3, -0.25) is 4.79 Å². The highest BCUT2D eigenvalue weighted by molar-refractivity contribution is 7.10. The van der Waals surface area contributed by atoms with E-state index in [1.165, 1.54) is 17.5 Å². The summed E-state index contributed by atoms with van der Waals surface area (Å²) in [5, 5.41) is 4.61. The molecule has 0 spiro atoms. The lowest BCUT2D eigenvalue weighted by atomic mass is 10.3. The largest absolute Gasteiger partial charge is 0.346 e. The molecule has 19 heavy (non-hydrogen) atoms. The number of aromatic nitrogens is 2. The molecule has 5 N–H and O–H groups in total. The molecule has 0 atom stereocenters. The molecule has 7 heteroatoms. The number of hydrogen-bond acceptors (Lipinski definition) is 4. The van der Waals surface area contributed by atoms with E-state index in [-0.39, 0.29) is 11.6 Å². The van der Waals surface area contributed by atoms with Crippen molar-refractivity contribution >= 4 is 17.2 Å². The Kier molecular flexibility index (Phi) is 4.18. The van der Waals surface area contributed by atoms with E-state index >= 15 is 0 Å². The van der Waals surface area contributed by atoms with E-state index in [2.05, 4.69) is 27.1 Å². The second-order valence-corrected chi connectivity index (χ2v) is 4.64. The fourth-order valence-corrected chi connectivity index (χ4v) is 2.16. The molecule has 2 heterocycles. The van der Waals surface area contributed by atoms with E-state index < -0.39 is 5.69 Å². The van der Waals surface area contributed by atoms with Crippen molar-refractivity contribution in [2.24, 2.45) is 5.73 Å². The van der Waals surface area contributed by atoms with Crippen LogP contribution >= 0.6 is 11.3 Å². The average molecular weight is 276 g/mol. The Morgan fingerprint density at radius 2 is 2.37 bits per heavy atom. The quantitative estimate of drug-likeness (QED) is 0.593. The molecule has 6 nitrogen and oxygen atoms in total. The number of nitrogens with one attached hydrogen (secondary N) is 3. The van der Waals surface area contributed by atoms with Gasteiger partial charge < -0.3 is 21.0 Å². The number of H-pyrrole nitrogens is 2. The zero-order valence-corrected chi connectivity index (χ0v) is 10.8. The lowest BCUT2D eigenvalue weighted by molar-refractivity contribution is 0.0946. The predicted octanol–water partition coefficient (Wildman–Crippen LogP) is 0.00470. The lowest BCUT2D eigenvalue weighted by Crippen LogP contribution is -2.23. The molecule has 0 saturated carbocycles. The van der Waals surface area contributed by atoms with Crippen molar-refractivity contribution in [3.05, 3.63) is 44.3 Å². The van der Waals surface area contributed by atoms with Crippen LogP contribution in [0.25, 0.3) is 0 Å². The summed E-state index contributed by atoms with van der Waals surface area (Å²) >= 11 is 1.50. The van der Waals surface area contributed by atoms with Crippen LogP contribution in [0.2, 0.25) is 0 Å². The number of nitrogens with two attached hydrogens (primary N) is 1. The highest BCUT2D eigenvalue weighted by atomic mass is 32.1. The van der Waals surface area contributed by atoms with Gasteiger partial charge in [0.25, 0.3) is 5.91 Å². The molecule has 2 rings (SSSR count). The molecule has 98 valence electrons. The summed E-state index contributed by atoms with van der Waals surface area (Å²) in [5.41, 5.74) is 5.98. The molecule has 0 aliphatic carbocycles. The van der Waals surface area contributed by atoms with Crippen LogP contribution in [-0.2, 0) is 6.54 Å². The fourth-order valence-electron chi connectivity index (χ4n) is 1.41. The summed E-state index contributed by atoms with van der Waals surface area (Å²) in [6.45, 7) is 0.712. The molecule has 0 unspecified atom stereocenters. The summed E-state index contributed by atoms with van der Waals surface area (Å²) in [6, 6.07) is 1.90. The Hall–Kier alpha value is -2.30. The summed E-state index contributed by atoms with van der Waals surface area (Å²) in [4.78, 5) is 28.3. The predicted molar refractivity (Wildman–Crippen MR) is 72.8 cm³/mol. The Morgan fingerprint density at radius 3 is 3.05 bits per heavy atom. The Balaban J connectivity index is 1.93. The van der Waals surface area contributed by atoms with Crippen LogP contribution in [0.5, 0.6) is 0 Å². The first-order valence-electron chi connectivity index (χ1n) is 5.51. The van der Waals surface area contributed by atoms with Gasteiger partial charge in [-0.1, -0.05) is 11.8 Å². The summed E-state index contributed by atoms with van der Waals surface area (Å²) in [5.74, 6) is 5.35. The zero-order valence-electron chi connectivity index (χ0n) is 9.95. The summed E-state index contributed by atoms with van der Waals surface area (Å²) in [7, 11) is 0. The standard InChI is InChI=1S/C12H12N4O2S/c13-3-1-2-8-4-9(19-7-8)5-14-11(17)10-6-15-12(18)16-10/h4,6-7H,3,5,13H2,(H,14,17)(H2,15,16,18). The van der Waals surface area contributed by atoms with Gasteiger partial charge in [0.1, 0.15) is 5.69 Å². The van der Waals surface area contributed by atoms with Gasteiger partial charge in [0, 0.05) is 22.0 Å². The van der Waals surface area contributed by atoms with Crippen molar-refractivity contribution in [1.29, 1.82) is 0 Å². The molecule has 0 aromatic carbocycles. The van der Waals surface area contributed by atoms with Gasteiger partial charge in [-0.2, -0.15) is 0 Å². The SMILES string of the molecule is NCC#Cc1csc(CNC(=O)c2c[nH]c(=O)[nH]2)c1. The highest BCUT2D eigenvalue weighted by Gasteiger charge is 2.07. The number of amides is 1. The molecule has 2 aromatic heterocycles. The maximum absolute atomic E-state index is 11.7. The number of imidazole rings is 1. The van der Waals surface area contributed by atoms with Gasteiger partial charge in [-0.15, -0.1) is 11.3 Å². The number of hydrogen-bond donors (Lipinski definition) is 4. The van der Waals surface area contributed by atoms with Crippen molar-refractivity contribution in [3.8, 4) is 11.8 Å². The number of carbonyl (C=O) groups is 1. The van der Waals surface area contributed by atoms with E-state index in [1.54, 1.807) is 0 Å². The Morgan fingerprint density at radius 1 is 1.53 bits per heavy atom. The second-order valence-electron chi connectivity index (χ2n) is 3.65. The summed E-state index contributed by atoms with van der Waals surface area (Å²) in [6.07, 6.45) is 1.34. The third-order valence-electron chi connectivity index (χ3n) is 2.25. The van der Waals surface area contributed by atoms with Crippen LogP contribution in [0.4, 0.5) is 0 Å². The molecule has 0 saturated heterocycles. The number of aromatic amines is 2. The van der Waals surface area contributed by atoms with Crippen molar-refractivity contribution in [3.63, 3.8) is 0 Å². The molecule has 0 bridgehead atoms. The van der Waals surface area contributed by atoms with Crippen LogP contribution < -0.4 is 16.7 Å². The first-order valence-corrected chi connectivity index (χ1v) is 6.39. The number of thiophene rings is 1. The van der Waals surface area contributed by atoms with Gasteiger partial charge in [-0.25, -0.2) is 4.79 Å². The van der Waals surface area contributed by atoms with Crippen LogP contribution in [0.1, 0.15) is 20.9 Å². The molecular formula is C12H12N4O2S. The van der Waals surface area contributed by atoms with Crippen molar-refractivity contribution in [1.82, 2.24) is 15.3 Å². The van der Waals surface area contributed by atoms with E-state index in [0.29, 0.717) is 13.1 Å². The van der Waals surface area contributed by atoms with Crippen LogP contribution in [-0.4, -0.2) is 22.4 Å². The maximum Gasteiger partial charge on any atom is 0.323 e. The van der Waals surface area contributed by atoms with Crippen LogP contribution in [0.15, 0.2) is 22.4 Å². The fraction of sp³-hybridized carbons (Fsp3) is 0.167. The average Bonchev–Trinajstić information content (AvgIpc) is 3.02. The number of carbonyl (C=O) groups excluding carboxylic acids is 1. The van der Waals surface area contributed by atoms with E-state index in [0.717, 1.165) is 10.4 Å². The molecule has 2 aromatic rings. The minimum absolute atomic E-state index is 0.213. The molecule has 0 aliphatic rings. The third-order valence-corrected chi connectivity index (χ3v) is 3.19. The third kappa shape index (κ3) is 3.58. The van der Waals surface area contributed by atoms with Crippen LogP contribution in [0.3, 0.4) is 0 Å². The van der Waals surface area contributed by atoms with Crippen molar-refractivity contribution < 1.29 is 4.79 Å². The smallest absolute Gasteiger partial charge is 0.323 e. The molecular weight excluding hydrogens is 264 g/mol. The Labute approximate surface area is 113 Å². The molecule has 0 aliphatic heterocycles. The monoisotopic (exact) mass is 276 g/mol. The van der Waals surface area contributed by atoms with Crippen molar-refractivity contribution in [2.75, 3.05) is 6.54 Å². The first-order chi connectivity index (χ1) is 9.19. The first kappa shape index (κ1) is 13.1. The van der Waals surface area contributed by atoms with Gasteiger partial charge in [0.05, 0.1) is 13.1 Å². The minimum atomic E-state index is -0.402. The molecule has 1 amide bonds. The van der Waals surface area contributed by atoms with E-state index in [9.17, 15) is 9.59 Å². The van der Waals surface area contributed by atoms with E-state index in [1.807, 2.05) is 11.4 Å². The molecule has 0 fully saturated rings. The van der Waals surface area contributed by atoms with Crippen LogP contribution in [0, 0.1) is 11.8 Å². The van der Waals surface area contributed by atoms with Gasteiger partial charge in [-0.05, 0) is 6.07 Å². The highest BCUT2D eigenvalue weighted by Crippen LogP contribution is 2.13. The number of rotatable bonds is 3. The molecule has 0 radical (unpaired) electrons. The lowest BCUT2D eigenvalue weighted by Gasteiger charge is -2.00. The van der Waals surface area contributed by atoms with Crippen molar-refractivity contribution in [2.45, 2.75) is 6.54 Å². The summed E-state index contributed by atoms with van der Waals surface area (Å²) < 4.78 is 0. The topological polar surface area (TPSA) is 104 Å². The minimum Gasteiger partial charge on any atom is -0.346 e. The van der Waals surface area contributed by atoms with Gasteiger partial charge >= 0.3 is 5.69 Å². The van der Waals surface area contributed by atoms with Gasteiger partial charge in [0.2, 0.25) is 0 Å². The maximum atomic E-state index is 11.7.